The molecule has 2 heterocycles. The summed E-state index contributed by atoms with van der Waals surface area (Å²) in [5.41, 5.74) is 1.89. The molecule has 0 saturated carbocycles. The van der Waals surface area contributed by atoms with Crippen molar-refractivity contribution in [3.8, 4) is 0 Å². The normalized spacial score (nSPS) is 24.7. The predicted octanol–water partition coefficient (Wildman–Crippen LogP) is 2.17. The van der Waals surface area contributed by atoms with Gasteiger partial charge in [0, 0.05) is 5.92 Å². The first-order valence-corrected chi connectivity index (χ1v) is 7.40. The SMILES string of the molecule is CC1(C)OB(c2cccc(CC3COC3)c2)OC1(C)C. The van der Waals surface area contributed by atoms with E-state index in [-0.39, 0.29) is 18.3 Å². The Labute approximate surface area is 121 Å². The molecule has 0 unspecified atom stereocenters. The first kappa shape index (κ1) is 14.1. The highest BCUT2D eigenvalue weighted by atomic mass is 16.7. The van der Waals surface area contributed by atoms with Crippen LogP contribution in [0, 0.1) is 5.92 Å². The van der Waals surface area contributed by atoms with Crippen LogP contribution in [-0.2, 0) is 20.5 Å². The predicted molar refractivity (Wildman–Crippen MR) is 80.2 cm³/mol. The Kier molecular flexibility index (Phi) is 3.43. The molecule has 0 radical (unpaired) electrons. The third-order valence-corrected chi connectivity index (χ3v) is 4.71. The molecule has 108 valence electrons. The van der Waals surface area contributed by atoms with Crippen LogP contribution < -0.4 is 5.46 Å². The fourth-order valence-corrected chi connectivity index (χ4v) is 2.58. The Morgan fingerprint density at radius 1 is 1.10 bits per heavy atom. The van der Waals surface area contributed by atoms with Gasteiger partial charge < -0.3 is 14.0 Å². The van der Waals surface area contributed by atoms with Crippen molar-refractivity contribution in [3.05, 3.63) is 29.8 Å². The second-order valence-electron chi connectivity index (χ2n) is 6.94. The molecule has 0 aromatic heterocycles. The van der Waals surface area contributed by atoms with Gasteiger partial charge in [0.05, 0.1) is 24.4 Å². The van der Waals surface area contributed by atoms with E-state index in [1.807, 2.05) is 0 Å². The molecule has 2 aliphatic heterocycles. The molecule has 0 spiro atoms. The smallest absolute Gasteiger partial charge is 0.399 e. The zero-order chi connectivity index (χ0) is 14.4. The van der Waals surface area contributed by atoms with Crippen LogP contribution in [-0.4, -0.2) is 31.5 Å². The van der Waals surface area contributed by atoms with Crippen molar-refractivity contribution in [2.24, 2.45) is 5.92 Å². The molecule has 1 aromatic carbocycles. The third-order valence-electron chi connectivity index (χ3n) is 4.71. The summed E-state index contributed by atoms with van der Waals surface area (Å²) < 4.78 is 17.4. The fraction of sp³-hybridized carbons (Fsp3) is 0.625. The standard InChI is InChI=1S/C16H23BO3/c1-15(2)16(3,4)20-17(19-15)14-7-5-6-12(9-14)8-13-10-18-11-13/h5-7,9,13H,8,10-11H2,1-4H3. The molecule has 0 amide bonds. The Bertz CT molecular complexity index is 478. The maximum absolute atomic E-state index is 6.10. The maximum atomic E-state index is 6.10. The molecular formula is C16H23BO3. The van der Waals surface area contributed by atoms with Gasteiger partial charge in [-0.25, -0.2) is 0 Å². The topological polar surface area (TPSA) is 27.7 Å². The molecule has 4 heteroatoms. The van der Waals surface area contributed by atoms with Gasteiger partial charge in [0.1, 0.15) is 0 Å². The first-order chi connectivity index (χ1) is 9.37. The summed E-state index contributed by atoms with van der Waals surface area (Å²) in [6, 6.07) is 8.56. The molecule has 2 saturated heterocycles. The molecule has 2 fully saturated rings. The molecule has 1 aromatic rings. The van der Waals surface area contributed by atoms with E-state index in [0.717, 1.165) is 25.1 Å². The monoisotopic (exact) mass is 274 g/mol. The van der Waals surface area contributed by atoms with E-state index in [9.17, 15) is 0 Å². The van der Waals surface area contributed by atoms with Crippen LogP contribution >= 0.6 is 0 Å². The van der Waals surface area contributed by atoms with E-state index in [1.54, 1.807) is 0 Å². The van der Waals surface area contributed by atoms with Crippen LogP contribution in [0.4, 0.5) is 0 Å². The molecule has 3 rings (SSSR count). The summed E-state index contributed by atoms with van der Waals surface area (Å²) in [6.07, 6.45) is 1.08. The minimum absolute atomic E-state index is 0.266. The minimum atomic E-state index is -0.282. The van der Waals surface area contributed by atoms with Gasteiger partial charge in [-0.2, -0.15) is 0 Å². The lowest BCUT2D eigenvalue weighted by molar-refractivity contribution is -0.0312. The number of rotatable bonds is 3. The Morgan fingerprint density at radius 3 is 2.30 bits per heavy atom. The molecule has 0 aliphatic carbocycles. The number of hydrogen-bond donors (Lipinski definition) is 0. The largest absolute Gasteiger partial charge is 0.494 e. The van der Waals surface area contributed by atoms with Gasteiger partial charge in [0.2, 0.25) is 0 Å². The summed E-state index contributed by atoms with van der Waals surface area (Å²) in [4.78, 5) is 0. The molecule has 0 atom stereocenters. The van der Waals surface area contributed by atoms with Gasteiger partial charge in [-0.1, -0.05) is 24.3 Å². The van der Waals surface area contributed by atoms with Crippen LogP contribution in [0.1, 0.15) is 33.3 Å². The zero-order valence-electron chi connectivity index (χ0n) is 12.8. The molecule has 0 bridgehead atoms. The lowest BCUT2D eigenvalue weighted by atomic mass is 9.78. The summed E-state index contributed by atoms with van der Waals surface area (Å²) in [7, 11) is -0.266. The Hall–Kier alpha value is -0.835. The van der Waals surface area contributed by atoms with Crippen molar-refractivity contribution < 1.29 is 14.0 Å². The highest BCUT2D eigenvalue weighted by molar-refractivity contribution is 6.62. The van der Waals surface area contributed by atoms with Crippen LogP contribution in [0.25, 0.3) is 0 Å². The van der Waals surface area contributed by atoms with Gasteiger partial charge >= 0.3 is 7.12 Å². The van der Waals surface area contributed by atoms with E-state index in [2.05, 4.69) is 52.0 Å². The van der Waals surface area contributed by atoms with E-state index in [0.29, 0.717) is 5.92 Å². The lowest BCUT2D eigenvalue weighted by Crippen LogP contribution is -2.41. The quantitative estimate of drug-likeness (QED) is 0.791. The van der Waals surface area contributed by atoms with Crippen molar-refractivity contribution in [3.63, 3.8) is 0 Å². The van der Waals surface area contributed by atoms with E-state index in [4.69, 9.17) is 14.0 Å². The number of ether oxygens (including phenoxy) is 1. The van der Waals surface area contributed by atoms with Crippen molar-refractivity contribution >= 4 is 12.6 Å². The summed E-state index contributed by atoms with van der Waals surface area (Å²) >= 11 is 0. The first-order valence-electron chi connectivity index (χ1n) is 7.40. The highest BCUT2D eigenvalue weighted by Crippen LogP contribution is 2.36. The molecule has 20 heavy (non-hydrogen) atoms. The van der Waals surface area contributed by atoms with Crippen molar-refractivity contribution in [2.75, 3.05) is 13.2 Å². The fourth-order valence-electron chi connectivity index (χ4n) is 2.58. The van der Waals surface area contributed by atoms with Crippen LogP contribution in [0.5, 0.6) is 0 Å². The lowest BCUT2D eigenvalue weighted by Gasteiger charge is -2.32. The van der Waals surface area contributed by atoms with Gasteiger partial charge in [-0.05, 0) is 45.1 Å². The van der Waals surface area contributed by atoms with Crippen LogP contribution in [0.2, 0.25) is 0 Å². The number of benzene rings is 1. The molecule has 3 nitrogen and oxygen atoms in total. The van der Waals surface area contributed by atoms with Gasteiger partial charge in [-0.15, -0.1) is 0 Å². The maximum Gasteiger partial charge on any atom is 0.494 e. The van der Waals surface area contributed by atoms with E-state index >= 15 is 0 Å². The average Bonchev–Trinajstić information content (AvgIpc) is 2.54. The van der Waals surface area contributed by atoms with Crippen molar-refractivity contribution in [2.45, 2.75) is 45.3 Å². The van der Waals surface area contributed by atoms with Crippen LogP contribution in [0.3, 0.4) is 0 Å². The number of hydrogen-bond acceptors (Lipinski definition) is 3. The second kappa shape index (κ2) is 4.87. The molecule has 0 N–H and O–H groups in total. The van der Waals surface area contributed by atoms with Gasteiger partial charge in [-0.3, -0.25) is 0 Å². The summed E-state index contributed by atoms with van der Waals surface area (Å²) in [5.74, 6) is 0.670. The van der Waals surface area contributed by atoms with Crippen molar-refractivity contribution in [1.82, 2.24) is 0 Å². The van der Waals surface area contributed by atoms with Crippen LogP contribution in [0.15, 0.2) is 24.3 Å². The van der Waals surface area contributed by atoms with Gasteiger partial charge in [0.15, 0.2) is 0 Å². The highest BCUT2D eigenvalue weighted by Gasteiger charge is 2.51. The molecular weight excluding hydrogens is 251 g/mol. The Morgan fingerprint density at radius 2 is 1.75 bits per heavy atom. The van der Waals surface area contributed by atoms with E-state index in [1.165, 1.54) is 5.56 Å². The van der Waals surface area contributed by atoms with Gasteiger partial charge in [0.25, 0.3) is 0 Å². The Balaban J connectivity index is 1.76. The summed E-state index contributed by atoms with van der Waals surface area (Å²) in [5, 5.41) is 0. The second-order valence-corrected chi connectivity index (χ2v) is 6.94. The van der Waals surface area contributed by atoms with E-state index < -0.39 is 0 Å². The average molecular weight is 274 g/mol. The molecule has 2 aliphatic rings. The summed E-state index contributed by atoms with van der Waals surface area (Å²) in [6.45, 7) is 10.1. The third kappa shape index (κ3) is 2.52. The minimum Gasteiger partial charge on any atom is -0.399 e. The zero-order valence-corrected chi connectivity index (χ0v) is 12.8. The van der Waals surface area contributed by atoms with Crippen molar-refractivity contribution in [1.29, 1.82) is 0 Å².